The van der Waals surface area contributed by atoms with Gasteiger partial charge in [0.15, 0.2) is 6.04 Å². The van der Waals surface area contributed by atoms with Gasteiger partial charge in [0.2, 0.25) is 0 Å². The Morgan fingerprint density at radius 2 is 2.12 bits per heavy atom. The van der Waals surface area contributed by atoms with Gasteiger partial charge in [-0.3, -0.25) is 4.79 Å². The Kier molecular flexibility index (Phi) is 4.29. The van der Waals surface area contributed by atoms with Crippen LogP contribution in [0.15, 0.2) is 0 Å². The highest BCUT2D eigenvalue weighted by atomic mass is 16.4. The van der Waals surface area contributed by atoms with Crippen LogP contribution < -0.4 is 10.8 Å². The van der Waals surface area contributed by atoms with Crippen molar-refractivity contribution < 1.29 is 20.4 Å². The molecule has 1 aliphatic rings. The number of carboxylic acid groups (broad SMARTS) is 1. The van der Waals surface area contributed by atoms with Gasteiger partial charge in [0.25, 0.3) is 5.91 Å². The zero-order chi connectivity index (χ0) is 12.3. The average molecular weight is 228 g/mol. The fraction of sp³-hybridized carbons (Fsp3) is 0.818. The summed E-state index contributed by atoms with van der Waals surface area (Å²) >= 11 is 0. The van der Waals surface area contributed by atoms with Gasteiger partial charge in [-0.25, -0.2) is 0 Å². The molecule has 5 heteroatoms. The molecule has 1 rings (SSSR count). The van der Waals surface area contributed by atoms with Gasteiger partial charge in [-0.1, -0.05) is 13.8 Å². The van der Waals surface area contributed by atoms with E-state index in [0.717, 1.165) is 6.42 Å². The van der Waals surface area contributed by atoms with Crippen LogP contribution in [0, 0.1) is 5.92 Å². The van der Waals surface area contributed by atoms with E-state index in [4.69, 9.17) is 0 Å². The topological polar surface area (TPSA) is 88.1 Å². The number of nitrogens with zero attached hydrogens (tertiary/aromatic N) is 1. The Labute approximate surface area is 95.6 Å². The Bertz CT molecular complexity index is 278. The van der Waals surface area contributed by atoms with Crippen molar-refractivity contribution in [2.24, 2.45) is 5.92 Å². The van der Waals surface area contributed by atoms with Gasteiger partial charge in [-0.15, -0.1) is 0 Å². The van der Waals surface area contributed by atoms with Crippen LogP contribution in [0.3, 0.4) is 0 Å². The molecule has 0 radical (unpaired) electrons. The first-order chi connectivity index (χ1) is 7.43. The molecule has 16 heavy (non-hydrogen) atoms. The molecule has 1 amide bonds. The molecular weight excluding hydrogens is 208 g/mol. The first-order valence-corrected chi connectivity index (χ1v) is 5.78. The number of carbonyl (C=O) groups excluding carboxylic acids is 2. The molecule has 2 atom stereocenters. The Morgan fingerprint density at radius 3 is 2.62 bits per heavy atom. The first-order valence-electron chi connectivity index (χ1n) is 5.78. The smallest absolute Gasteiger partial charge is 0.281 e. The number of likely N-dealkylation sites (tertiary alicyclic amines) is 1. The van der Waals surface area contributed by atoms with Gasteiger partial charge < -0.3 is 20.5 Å². The lowest BCUT2D eigenvalue weighted by molar-refractivity contribution is -0.408. The van der Waals surface area contributed by atoms with E-state index in [1.807, 2.05) is 13.8 Å². The lowest BCUT2D eigenvalue weighted by atomic mass is 10.0. The molecule has 1 aliphatic heterocycles. The fourth-order valence-electron chi connectivity index (χ4n) is 2.18. The van der Waals surface area contributed by atoms with Gasteiger partial charge >= 0.3 is 0 Å². The molecule has 1 heterocycles. The molecule has 0 bridgehead atoms. The van der Waals surface area contributed by atoms with Crippen molar-refractivity contribution in [3.8, 4) is 0 Å². The lowest BCUT2D eigenvalue weighted by Gasteiger charge is -2.27. The minimum atomic E-state index is -1.15. The normalized spacial score (nSPS) is 22.5. The molecule has 92 valence electrons. The quantitative estimate of drug-likeness (QED) is 0.627. The first kappa shape index (κ1) is 13.0. The molecule has 0 unspecified atom stereocenters. The number of carboxylic acids is 1. The molecular formula is C11H20N2O3. The lowest BCUT2D eigenvalue weighted by Crippen LogP contribution is -2.69. The summed E-state index contributed by atoms with van der Waals surface area (Å²) in [6.45, 7) is 4.55. The number of amides is 1. The van der Waals surface area contributed by atoms with Crippen molar-refractivity contribution >= 4 is 11.9 Å². The maximum Gasteiger partial charge on any atom is 0.281 e. The second kappa shape index (κ2) is 5.30. The van der Waals surface area contributed by atoms with Crippen molar-refractivity contribution in [1.29, 1.82) is 0 Å². The van der Waals surface area contributed by atoms with Gasteiger partial charge in [0, 0.05) is 13.0 Å². The highest BCUT2D eigenvalue weighted by Crippen LogP contribution is 2.18. The van der Waals surface area contributed by atoms with Crippen LogP contribution in [0.1, 0.15) is 33.1 Å². The van der Waals surface area contributed by atoms with Crippen LogP contribution in [0.5, 0.6) is 0 Å². The van der Waals surface area contributed by atoms with Crippen molar-refractivity contribution in [3.05, 3.63) is 0 Å². The summed E-state index contributed by atoms with van der Waals surface area (Å²) in [4.78, 5) is 24.2. The Morgan fingerprint density at radius 1 is 1.50 bits per heavy atom. The minimum absolute atomic E-state index is 0.152. The second-order valence-electron chi connectivity index (χ2n) is 4.84. The standard InChI is InChI=1S/C11H20N2O3/c1-7(2)6-8(12)10(14)13-5-3-4-9(13)11(15)16/h7-9H,3-6,12H2,1-2H3,(H,15,16)/t8-,9+/m0/s1. The number of hydrogen-bond donors (Lipinski definition) is 1. The van der Waals surface area contributed by atoms with Crippen LogP contribution in [-0.2, 0) is 9.59 Å². The average Bonchev–Trinajstić information content (AvgIpc) is 2.63. The van der Waals surface area contributed by atoms with Gasteiger partial charge in [0.05, 0.1) is 12.0 Å². The fourth-order valence-corrected chi connectivity index (χ4v) is 2.18. The van der Waals surface area contributed by atoms with E-state index in [0.29, 0.717) is 25.3 Å². The zero-order valence-corrected chi connectivity index (χ0v) is 9.94. The molecule has 1 saturated heterocycles. The van der Waals surface area contributed by atoms with Crippen molar-refractivity contribution in [2.45, 2.75) is 45.2 Å². The van der Waals surface area contributed by atoms with E-state index in [1.165, 1.54) is 4.90 Å². The van der Waals surface area contributed by atoms with Gasteiger partial charge in [0.1, 0.15) is 0 Å². The number of hydrogen-bond acceptors (Lipinski definition) is 3. The van der Waals surface area contributed by atoms with E-state index in [-0.39, 0.29) is 11.9 Å². The maximum absolute atomic E-state index is 12.0. The predicted octanol–water partition coefficient (Wildman–Crippen LogP) is -1.62. The summed E-state index contributed by atoms with van der Waals surface area (Å²) in [5.41, 5.74) is 3.81. The summed E-state index contributed by atoms with van der Waals surface area (Å²) in [6, 6.07) is -1.09. The minimum Gasteiger partial charge on any atom is -0.548 e. The number of rotatable bonds is 4. The van der Waals surface area contributed by atoms with Crippen molar-refractivity contribution in [1.82, 2.24) is 4.90 Å². The molecule has 0 spiro atoms. The molecule has 0 aromatic rings. The third-order valence-electron chi connectivity index (χ3n) is 2.91. The highest BCUT2D eigenvalue weighted by Gasteiger charge is 2.34. The number of aliphatic carboxylic acids is 1. The molecule has 0 aliphatic carbocycles. The molecule has 5 nitrogen and oxygen atoms in total. The van der Waals surface area contributed by atoms with Crippen LogP contribution in [-0.4, -0.2) is 35.4 Å². The molecule has 0 aromatic heterocycles. The SMILES string of the molecule is CC(C)C[C@H]([NH3+])C(=O)N1CCC[C@@H]1C(=O)[O-]. The third-order valence-corrected chi connectivity index (χ3v) is 2.91. The monoisotopic (exact) mass is 228 g/mol. The van der Waals surface area contributed by atoms with E-state index < -0.39 is 12.0 Å². The second-order valence-corrected chi connectivity index (χ2v) is 4.84. The van der Waals surface area contributed by atoms with Crippen LogP contribution in [0.2, 0.25) is 0 Å². The Hall–Kier alpha value is -1.10. The number of quaternary nitrogens is 1. The summed E-state index contributed by atoms with van der Waals surface area (Å²) in [5.74, 6) is -0.918. The van der Waals surface area contributed by atoms with Crippen LogP contribution in [0.25, 0.3) is 0 Å². The molecule has 3 N–H and O–H groups in total. The maximum atomic E-state index is 12.0. The summed E-state index contributed by atoms with van der Waals surface area (Å²) < 4.78 is 0. The largest absolute Gasteiger partial charge is 0.548 e. The number of carbonyl (C=O) groups is 2. The van der Waals surface area contributed by atoms with Crippen molar-refractivity contribution in [3.63, 3.8) is 0 Å². The predicted molar refractivity (Wildman–Crippen MR) is 55.9 cm³/mol. The summed E-state index contributed by atoms with van der Waals surface area (Å²) in [5, 5.41) is 10.8. The summed E-state index contributed by atoms with van der Waals surface area (Å²) in [6.07, 6.45) is 1.93. The highest BCUT2D eigenvalue weighted by molar-refractivity contribution is 5.86. The molecule has 0 aromatic carbocycles. The van der Waals surface area contributed by atoms with Crippen molar-refractivity contribution in [2.75, 3.05) is 6.54 Å². The van der Waals surface area contributed by atoms with E-state index >= 15 is 0 Å². The summed E-state index contributed by atoms with van der Waals surface area (Å²) in [7, 11) is 0. The molecule has 0 saturated carbocycles. The van der Waals surface area contributed by atoms with E-state index in [9.17, 15) is 14.7 Å². The zero-order valence-electron chi connectivity index (χ0n) is 9.94. The third kappa shape index (κ3) is 2.95. The van der Waals surface area contributed by atoms with E-state index in [1.54, 1.807) is 0 Å². The van der Waals surface area contributed by atoms with Gasteiger partial charge in [-0.2, -0.15) is 0 Å². The van der Waals surface area contributed by atoms with Gasteiger partial charge in [-0.05, 0) is 18.8 Å². The molecule has 1 fully saturated rings. The van der Waals surface area contributed by atoms with E-state index in [2.05, 4.69) is 5.73 Å². The Balaban J connectivity index is 2.62. The van der Waals surface area contributed by atoms with Crippen LogP contribution >= 0.6 is 0 Å². The van der Waals surface area contributed by atoms with Crippen LogP contribution in [0.4, 0.5) is 0 Å².